The van der Waals surface area contributed by atoms with E-state index in [0.29, 0.717) is 11.5 Å². The lowest BCUT2D eigenvalue weighted by Crippen LogP contribution is -2.22. The number of anilines is 1. The first kappa shape index (κ1) is 20.7. The molecule has 0 unspecified atom stereocenters. The average Bonchev–Trinajstić information content (AvgIpc) is 3.23. The number of fused-ring (bicyclic) bond motifs is 1. The second-order valence-electron chi connectivity index (χ2n) is 7.60. The molecule has 158 valence electrons. The third-order valence-corrected chi connectivity index (χ3v) is 5.25. The SMILES string of the molecule is CCCC(CCC)C(=O)Nc1cccc(-c2ccc3nnc(-c4cccnc4)n3n2)c1. The molecule has 4 rings (SSSR count). The summed E-state index contributed by atoms with van der Waals surface area (Å²) in [5.41, 5.74) is 3.96. The number of hydrogen-bond donors (Lipinski definition) is 1. The first-order valence-electron chi connectivity index (χ1n) is 10.7. The van der Waals surface area contributed by atoms with Crippen molar-refractivity contribution in [3.05, 3.63) is 60.9 Å². The highest BCUT2D eigenvalue weighted by Crippen LogP contribution is 2.24. The number of nitrogens with one attached hydrogen (secondary N) is 1. The van der Waals surface area contributed by atoms with Gasteiger partial charge in [-0.15, -0.1) is 10.2 Å². The maximum absolute atomic E-state index is 12.7. The standard InChI is InChI=1S/C24H26N6O/c1-3-7-17(8-4-2)24(31)26-20-11-5-9-18(15-20)21-12-13-22-27-28-23(30(22)29-21)19-10-6-14-25-16-19/h5-6,9-17H,3-4,7-8H2,1-2H3,(H,26,31). The molecule has 0 bridgehead atoms. The maximum Gasteiger partial charge on any atom is 0.227 e. The van der Waals surface area contributed by atoms with E-state index in [0.717, 1.165) is 48.2 Å². The van der Waals surface area contributed by atoms with Gasteiger partial charge in [0.15, 0.2) is 11.5 Å². The van der Waals surface area contributed by atoms with Gasteiger partial charge in [-0.05, 0) is 49.2 Å². The fourth-order valence-electron chi connectivity index (χ4n) is 3.72. The summed E-state index contributed by atoms with van der Waals surface area (Å²) >= 11 is 0. The van der Waals surface area contributed by atoms with Gasteiger partial charge in [0.2, 0.25) is 5.91 Å². The molecule has 0 spiro atoms. The van der Waals surface area contributed by atoms with Crippen LogP contribution in [0.2, 0.25) is 0 Å². The minimum absolute atomic E-state index is 0.0483. The lowest BCUT2D eigenvalue weighted by molar-refractivity contribution is -0.120. The number of hydrogen-bond acceptors (Lipinski definition) is 5. The lowest BCUT2D eigenvalue weighted by Gasteiger charge is -2.15. The summed E-state index contributed by atoms with van der Waals surface area (Å²) in [5, 5.41) is 16.3. The summed E-state index contributed by atoms with van der Waals surface area (Å²) in [6, 6.07) is 15.4. The van der Waals surface area contributed by atoms with E-state index in [1.807, 2.05) is 48.5 Å². The zero-order valence-corrected chi connectivity index (χ0v) is 17.8. The van der Waals surface area contributed by atoms with Gasteiger partial charge in [-0.1, -0.05) is 38.8 Å². The molecule has 0 atom stereocenters. The van der Waals surface area contributed by atoms with E-state index in [2.05, 4.69) is 34.3 Å². The summed E-state index contributed by atoms with van der Waals surface area (Å²) < 4.78 is 1.72. The number of carbonyl (C=O) groups excluding carboxylic acids is 1. The molecular formula is C24H26N6O. The van der Waals surface area contributed by atoms with Gasteiger partial charge in [0.25, 0.3) is 0 Å². The normalized spacial score (nSPS) is 11.2. The highest BCUT2D eigenvalue weighted by molar-refractivity contribution is 5.93. The van der Waals surface area contributed by atoms with Crippen LogP contribution in [0, 0.1) is 5.92 Å². The van der Waals surface area contributed by atoms with Gasteiger partial charge in [0.1, 0.15) is 0 Å². The third-order valence-electron chi connectivity index (χ3n) is 5.25. The van der Waals surface area contributed by atoms with Crippen molar-refractivity contribution in [2.45, 2.75) is 39.5 Å². The molecule has 3 heterocycles. The van der Waals surface area contributed by atoms with Gasteiger partial charge in [-0.25, -0.2) is 0 Å². The van der Waals surface area contributed by atoms with Crippen LogP contribution in [0.3, 0.4) is 0 Å². The van der Waals surface area contributed by atoms with Crippen LogP contribution in [0.25, 0.3) is 28.3 Å². The lowest BCUT2D eigenvalue weighted by atomic mass is 9.97. The molecule has 1 N–H and O–H groups in total. The quantitative estimate of drug-likeness (QED) is 0.438. The van der Waals surface area contributed by atoms with Crippen molar-refractivity contribution in [3.8, 4) is 22.6 Å². The van der Waals surface area contributed by atoms with Crippen molar-refractivity contribution in [1.29, 1.82) is 0 Å². The molecule has 1 amide bonds. The van der Waals surface area contributed by atoms with Crippen molar-refractivity contribution in [3.63, 3.8) is 0 Å². The number of aromatic nitrogens is 5. The van der Waals surface area contributed by atoms with Crippen LogP contribution in [-0.2, 0) is 4.79 Å². The van der Waals surface area contributed by atoms with Gasteiger partial charge in [0.05, 0.1) is 5.69 Å². The Bertz CT molecular complexity index is 1170. The molecule has 4 aromatic rings. The molecule has 0 aliphatic rings. The number of nitrogens with zero attached hydrogens (tertiary/aromatic N) is 5. The molecule has 1 aromatic carbocycles. The molecule has 0 radical (unpaired) electrons. The molecule has 0 saturated carbocycles. The third kappa shape index (κ3) is 4.60. The zero-order chi connectivity index (χ0) is 21.6. The maximum atomic E-state index is 12.7. The summed E-state index contributed by atoms with van der Waals surface area (Å²) in [7, 11) is 0. The van der Waals surface area contributed by atoms with Crippen molar-refractivity contribution < 1.29 is 4.79 Å². The summed E-state index contributed by atoms with van der Waals surface area (Å²) in [5.74, 6) is 0.769. The van der Waals surface area contributed by atoms with Crippen LogP contribution in [0.1, 0.15) is 39.5 Å². The minimum Gasteiger partial charge on any atom is -0.326 e. The van der Waals surface area contributed by atoms with Gasteiger partial charge in [0, 0.05) is 35.1 Å². The summed E-state index contributed by atoms with van der Waals surface area (Å²) in [4.78, 5) is 16.9. The van der Waals surface area contributed by atoms with Crippen molar-refractivity contribution in [1.82, 2.24) is 24.8 Å². The summed E-state index contributed by atoms with van der Waals surface area (Å²) in [6.45, 7) is 4.23. The number of pyridine rings is 1. The van der Waals surface area contributed by atoms with E-state index >= 15 is 0 Å². The van der Waals surface area contributed by atoms with E-state index in [-0.39, 0.29) is 11.8 Å². The highest BCUT2D eigenvalue weighted by atomic mass is 16.1. The highest BCUT2D eigenvalue weighted by Gasteiger charge is 2.17. The topological polar surface area (TPSA) is 85.1 Å². The van der Waals surface area contributed by atoms with Crippen LogP contribution < -0.4 is 5.32 Å². The smallest absolute Gasteiger partial charge is 0.227 e. The predicted molar refractivity (Wildman–Crippen MR) is 121 cm³/mol. The van der Waals surface area contributed by atoms with Crippen LogP contribution in [-0.4, -0.2) is 30.7 Å². The van der Waals surface area contributed by atoms with Crippen molar-refractivity contribution >= 4 is 17.2 Å². The van der Waals surface area contributed by atoms with E-state index in [1.165, 1.54) is 0 Å². The Morgan fingerprint density at radius 2 is 1.81 bits per heavy atom. The van der Waals surface area contributed by atoms with E-state index in [9.17, 15) is 4.79 Å². The molecule has 0 fully saturated rings. The fraction of sp³-hybridized carbons (Fsp3) is 0.292. The first-order chi connectivity index (χ1) is 15.2. The Labute approximate surface area is 181 Å². The van der Waals surface area contributed by atoms with Crippen LogP contribution >= 0.6 is 0 Å². The average molecular weight is 415 g/mol. The molecule has 7 nitrogen and oxygen atoms in total. The van der Waals surface area contributed by atoms with Crippen molar-refractivity contribution in [2.24, 2.45) is 5.92 Å². The van der Waals surface area contributed by atoms with E-state index in [4.69, 9.17) is 5.10 Å². The second-order valence-corrected chi connectivity index (χ2v) is 7.60. The van der Waals surface area contributed by atoms with Crippen molar-refractivity contribution in [2.75, 3.05) is 5.32 Å². The second kappa shape index (κ2) is 9.47. The van der Waals surface area contributed by atoms with E-state index < -0.39 is 0 Å². The van der Waals surface area contributed by atoms with E-state index in [1.54, 1.807) is 16.9 Å². The molecule has 31 heavy (non-hydrogen) atoms. The van der Waals surface area contributed by atoms with Gasteiger partial charge >= 0.3 is 0 Å². The molecule has 0 aliphatic carbocycles. The fourth-order valence-corrected chi connectivity index (χ4v) is 3.72. The molecule has 0 saturated heterocycles. The molecule has 7 heteroatoms. The van der Waals surface area contributed by atoms with Gasteiger partial charge in [-0.3, -0.25) is 9.78 Å². The summed E-state index contributed by atoms with van der Waals surface area (Å²) in [6.07, 6.45) is 7.27. The Hall–Kier alpha value is -3.61. The number of rotatable bonds is 8. The van der Waals surface area contributed by atoms with Crippen LogP contribution in [0.4, 0.5) is 5.69 Å². The number of benzene rings is 1. The number of amides is 1. The Kier molecular flexibility index (Phi) is 6.31. The minimum atomic E-state index is 0.0483. The van der Waals surface area contributed by atoms with Crippen LogP contribution in [0.5, 0.6) is 0 Å². The molecule has 3 aromatic heterocycles. The largest absolute Gasteiger partial charge is 0.326 e. The Morgan fingerprint density at radius 1 is 1.00 bits per heavy atom. The molecule has 0 aliphatic heterocycles. The predicted octanol–water partition coefficient (Wildman–Crippen LogP) is 5.01. The van der Waals surface area contributed by atoms with Gasteiger partial charge < -0.3 is 5.32 Å². The number of carbonyl (C=O) groups is 1. The first-order valence-corrected chi connectivity index (χ1v) is 10.7. The monoisotopic (exact) mass is 414 g/mol. The zero-order valence-electron chi connectivity index (χ0n) is 17.8. The van der Waals surface area contributed by atoms with Gasteiger partial charge in [-0.2, -0.15) is 9.61 Å². The Balaban J connectivity index is 1.62. The Morgan fingerprint density at radius 3 is 2.55 bits per heavy atom. The molecular weight excluding hydrogens is 388 g/mol. The van der Waals surface area contributed by atoms with Crippen LogP contribution in [0.15, 0.2) is 60.9 Å².